The molecule has 0 aromatic carbocycles. The van der Waals surface area contributed by atoms with E-state index in [1.165, 1.54) is 51.4 Å². The number of amidine groups is 2. The molecule has 0 unspecified atom stereocenters. The first-order valence-electron chi connectivity index (χ1n) is 7.52. The highest BCUT2D eigenvalue weighted by Gasteiger charge is 2.25. The van der Waals surface area contributed by atoms with Crippen molar-refractivity contribution in [2.24, 2.45) is 4.99 Å². The number of thiol groups is 2. The molecule has 0 bridgehead atoms. The van der Waals surface area contributed by atoms with Crippen LogP contribution in [0.2, 0.25) is 0 Å². The second-order valence-electron chi connectivity index (χ2n) is 5.71. The van der Waals surface area contributed by atoms with Gasteiger partial charge >= 0.3 is 0 Å². The Labute approximate surface area is 127 Å². The zero-order valence-electron chi connectivity index (χ0n) is 11.5. The van der Waals surface area contributed by atoms with Gasteiger partial charge in [-0.3, -0.25) is 15.3 Å². The molecule has 0 radical (unpaired) electrons. The summed E-state index contributed by atoms with van der Waals surface area (Å²) in [5.41, 5.74) is 0. The fraction of sp³-hybridized carbons (Fsp3) is 0.857. The van der Waals surface area contributed by atoms with E-state index in [0.717, 1.165) is 12.8 Å². The molecule has 0 aromatic heterocycles. The van der Waals surface area contributed by atoms with E-state index in [9.17, 15) is 0 Å². The maximum Gasteiger partial charge on any atom is 0.162 e. The van der Waals surface area contributed by atoms with Gasteiger partial charge in [0.05, 0.1) is 6.04 Å². The number of aliphatic imine (C=N–C) groups is 1. The second-order valence-corrected chi connectivity index (χ2v) is 6.53. The van der Waals surface area contributed by atoms with Gasteiger partial charge in [0.15, 0.2) is 10.3 Å². The van der Waals surface area contributed by atoms with Crippen LogP contribution < -0.4 is 0 Å². The molecule has 1 N–H and O–H groups in total. The van der Waals surface area contributed by atoms with E-state index in [0.29, 0.717) is 17.3 Å². The molecule has 0 atom stereocenters. The third-order valence-electron chi connectivity index (χ3n) is 4.26. The zero-order valence-corrected chi connectivity index (χ0v) is 13.3. The molecule has 0 heterocycles. The standard InChI is InChI=1S/C14H25N3S2/c15-13(18)17(12-9-5-2-6-10-12)14(19)16-11-7-3-1-4-8-11/h11-12H,1-10H2,(H2,15,18)(H,16,19). The lowest BCUT2D eigenvalue weighted by molar-refractivity contribution is 0.324. The maximum atomic E-state index is 7.90. The summed E-state index contributed by atoms with van der Waals surface area (Å²) in [7, 11) is 0. The molecule has 2 saturated carbocycles. The quantitative estimate of drug-likeness (QED) is 0.401. The molecule has 19 heavy (non-hydrogen) atoms. The Bertz CT molecular complexity index is 332. The molecule has 108 valence electrons. The molecule has 2 aliphatic rings. The fourth-order valence-electron chi connectivity index (χ4n) is 3.21. The molecule has 0 saturated heterocycles. The molecule has 0 amide bonds. The maximum absolute atomic E-state index is 7.90. The Balaban J connectivity index is 2.04. The normalized spacial score (nSPS) is 23.4. The van der Waals surface area contributed by atoms with Crippen LogP contribution in [0.25, 0.3) is 0 Å². The Morgan fingerprint density at radius 3 is 1.95 bits per heavy atom. The number of nitrogens with one attached hydrogen (secondary N) is 1. The summed E-state index contributed by atoms with van der Waals surface area (Å²) in [5.74, 6) is 0. The summed E-state index contributed by atoms with van der Waals surface area (Å²) in [4.78, 5) is 6.68. The first-order chi connectivity index (χ1) is 9.18. The van der Waals surface area contributed by atoms with E-state index in [1.54, 1.807) is 0 Å². The van der Waals surface area contributed by atoms with Crippen LogP contribution in [-0.4, -0.2) is 27.3 Å². The van der Waals surface area contributed by atoms with E-state index in [1.807, 2.05) is 4.90 Å². The van der Waals surface area contributed by atoms with Crippen molar-refractivity contribution in [2.75, 3.05) is 0 Å². The van der Waals surface area contributed by atoms with Crippen molar-refractivity contribution >= 4 is 35.6 Å². The van der Waals surface area contributed by atoms with E-state index in [-0.39, 0.29) is 5.17 Å². The largest absolute Gasteiger partial charge is 0.298 e. The first-order valence-corrected chi connectivity index (χ1v) is 8.41. The van der Waals surface area contributed by atoms with Crippen LogP contribution in [0.5, 0.6) is 0 Å². The molecule has 2 fully saturated rings. The third kappa shape index (κ3) is 4.42. The van der Waals surface area contributed by atoms with Crippen LogP contribution in [0.4, 0.5) is 0 Å². The Hall–Kier alpha value is -0.160. The summed E-state index contributed by atoms with van der Waals surface area (Å²) >= 11 is 8.81. The summed E-state index contributed by atoms with van der Waals surface area (Å²) in [6.07, 6.45) is 12.3. The average Bonchev–Trinajstić information content (AvgIpc) is 2.40. The molecule has 0 aromatic rings. The topological polar surface area (TPSA) is 39.5 Å². The Kier molecular flexibility index (Phi) is 6.07. The second kappa shape index (κ2) is 7.58. The van der Waals surface area contributed by atoms with Crippen molar-refractivity contribution in [1.82, 2.24) is 4.90 Å². The molecule has 5 heteroatoms. The molecule has 2 rings (SSSR count). The van der Waals surface area contributed by atoms with Crippen LogP contribution in [-0.2, 0) is 0 Å². The van der Waals surface area contributed by atoms with E-state index < -0.39 is 0 Å². The van der Waals surface area contributed by atoms with Crippen LogP contribution in [0, 0.1) is 5.41 Å². The van der Waals surface area contributed by atoms with Crippen molar-refractivity contribution < 1.29 is 0 Å². The monoisotopic (exact) mass is 299 g/mol. The van der Waals surface area contributed by atoms with Gasteiger partial charge in [0.25, 0.3) is 0 Å². The van der Waals surface area contributed by atoms with Gasteiger partial charge in [-0.1, -0.05) is 38.5 Å². The van der Waals surface area contributed by atoms with E-state index >= 15 is 0 Å². The lowest BCUT2D eigenvalue weighted by Gasteiger charge is -2.34. The van der Waals surface area contributed by atoms with Crippen LogP contribution in [0.3, 0.4) is 0 Å². The minimum atomic E-state index is 0.288. The smallest absolute Gasteiger partial charge is 0.162 e. The van der Waals surface area contributed by atoms with Crippen LogP contribution >= 0.6 is 25.3 Å². The Morgan fingerprint density at radius 1 is 0.895 bits per heavy atom. The molecule has 0 spiro atoms. The van der Waals surface area contributed by atoms with Gasteiger partial charge in [0.1, 0.15) is 0 Å². The minimum absolute atomic E-state index is 0.288. The van der Waals surface area contributed by atoms with Crippen LogP contribution in [0.15, 0.2) is 4.99 Å². The number of nitrogens with zero attached hydrogens (tertiary/aromatic N) is 2. The van der Waals surface area contributed by atoms with Gasteiger partial charge in [0, 0.05) is 6.04 Å². The van der Waals surface area contributed by atoms with Gasteiger partial charge < -0.3 is 0 Å². The highest BCUT2D eigenvalue weighted by atomic mass is 32.1. The molecular formula is C14H25N3S2. The highest BCUT2D eigenvalue weighted by molar-refractivity contribution is 7.99. The van der Waals surface area contributed by atoms with Crippen LogP contribution in [0.1, 0.15) is 64.2 Å². The summed E-state index contributed by atoms with van der Waals surface area (Å²) < 4.78 is 0. The van der Waals surface area contributed by atoms with Crippen molar-refractivity contribution in [1.29, 1.82) is 5.41 Å². The van der Waals surface area contributed by atoms with Gasteiger partial charge in [-0.15, -0.1) is 25.3 Å². The summed E-state index contributed by atoms with van der Waals surface area (Å²) in [6.45, 7) is 0. The summed E-state index contributed by atoms with van der Waals surface area (Å²) in [5, 5.41) is 8.89. The zero-order chi connectivity index (χ0) is 13.7. The third-order valence-corrected chi connectivity index (χ3v) is 4.80. The number of rotatable bonds is 2. The molecule has 2 aliphatic carbocycles. The lowest BCUT2D eigenvalue weighted by Crippen LogP contribution is -2.42. The van der Waals surface area contributed by atoms with Gasteiger partial charge in [-0.05, 0) is 25.7 Å². The van der Waals surface area contributed by atoms with E-state index in [2.05, 4.69) is 25.3 Å². The van der Waals surface area contributed by atoms with Gasteiger partial charge in [-0.25, -0.2) is 0 Å². The van der Waals surface area contributed by atoms with E-state index in [4.69, 9.17) is 10.4 Å². The molecular weight excluding hydrogens is 274 g/mol. The summed E-state index contributed by atoms with van der Waals surface area (Å²) in [6, 6.07) is 0.776. The predicted molar refractivity (Wildman–Crippen MR) is 88.7 cm³/mol. The highest BCUT2D eigenvalue weighted by Crippen LogP contribution is 2.26. The Morgan fingerprint density at radius 2 is 1.42 bits per heavy atom. The van der Waals surface area contributed by atoms with Gasteiger partial charge in [0.2, 0.25) is 0 Å². The first kappa shape index (κ1) is 15.2. The van der Waals surface area contributed by atoms with Crippen molar-refractivity contribution in [3.63, 3.8) is 0 Å². The number of hydrogen-bond donors (Lipinski definition) is 3. The van der Waals surface area contributed by atoms with Gasteiger partial charge in [-0.2, -0.15) is 0 Å². The predicted octanol–water partition coefficient (Wildman–Crippen LogP) is 4.10. The molecule has 0 aliphatic heterocycles. The minimum Gasteiger partial charge on any atom is -0.298 e. The SMILES string of the molecule is N=C(S)N(C(S)=NC1CCCCC1)C1CCCCC1. The molecule has 3 nitrogen and oxygen atoms in total. The average molecular weight is 300 g/mol. The number of hydrogen-bond acceptors (Lipinski definition) is 2. The lowest BCUT2D eigenvalue weighted by atomic mass is 9.94. The van der Waals surface area contributed by atoms with Crippen molar-refractivity contribution in [3.05, 3.63) is 0 Å². The van der Waals surface area contributed by atoms with Crippen molar-refractivity contribution in [3.8, 4) is 0 Å². The van der Waals surface area contributed by atoms with Crippen molar-refractivity contribution in [2.45, 2.75) is 76.3 Å². The fourth-order valence-corrected chi connectivity index (χ4v) is 3.97.